The fourth-order valence-corrected chi connectivity index (χ4v) is 3.02. The zero-order valence-electron chi connectivity index (χ0n) is 13.6. The number of hydrogen-bond acceptors (Lipinski definition) is 3. The summed E-state index contributed by atoms with van der Waals surface area (Å²) < 4.78 is 44.1. The van der Waals surface area contributed by atoms with Crippen LogP contribution in [0.2, 0.25) is 0 Å². The van der Waals surface area contributed by atoms with E-state index in [0.717, 1.165) is 17.7 Å². The maximum absolute atomic E-state index is 12.8. The van der Waals surface area contributed by atoms with Crippen LogP contribution in [0.4, 0.5) is 13.2 Å². The number of rotatable bonds is 7. The first kappa shape index (κ1) is 18.6. The predicted molar refractivity (Wildman–Crippen MR) is 85.4 cm³/mol. The number of hydrogen-bond donors (Lipinski definition) is 1. The maximum Gasteiger partial charge on any atom is 0.391 e. The van der Waals surface area contributed by atoms with E-state index in [2.05, 4.69) is 11.4 Å². The van der Waals surface area contributed by atoms with Gasteiger partial charge in [-0.3, -0.25) is 0 Å². The van der Waals surface area contributed by atoms with E-state index in [-0.39, 0.29) is 18.9 Å². The van der Waals surface area contributed by atoms with Crippen LogP contribution in [0, 0.1) is 17.2 Å². The topological polar surface area (TPSA) is 45.0 Å². The van der Waals surface area contributed by atoms with Crippen molar-refractivity contribution in [3.05, 3.63) is 29.8 Å². The molecule has 0 saturated heterocycles. The van der Waals surface area contributed by atoms with Crippen LogP contribution in [0.1, 0.15) is 44.1 Å². The molecule has 2 rings (SSSR count). The molecule has 1 fully saturated rings. The molecule has 0 spiro atoms. The number of nitrogens with zero attached hydrogens (tertiary/aromatic N) is 1. The van der Waals surface area contributed by atoms with E-state index >= 15 is 0 Å². The molecule has 1 aliphatic rings. The van der Waals surface area contributed by atoms with Crippen molar-refractivity contribution in [1.82, 2.24) is 5.32 Å². The highest BCUT2D eigenvalue weighted by molar-refractivity contribution is 5.28. The van der Waals surface area contributed by atoms with Crippen LogP contribution < -0.4 is 10.1 Å². The number of nitriles is 1. The average molecular weight is 340 g/mol. The zero-order valence-corrected chi connectivity index (χ0v) is 13.6. The molecule has 3 nitrogen and oxygen atoms in total. The maximum atomic E-state index is 12.8. The molecule has 2 atom stereocenters. The Bertz CT molecular complexity index is 554. The van der Waals surface area contributed by atoms with Crippen LogP contribution >= 0.6 is 0 Å². The Morgan fingerprint density at radius 3 is 2.88 bits per heavy atom. The van der Waals surface area contributed by atoms with Gasteiger partial charge in [-0.2, -0.15) is 18.4 Å². The lowest BCUT2D eigenvalue weighted by molar-refractivity contribution is -0.183. The van der Waals surface area contributed by atoms with E-state index in [4.69, 9.17) is 10.00 Å². The SMILES string of the molecule is N#CCCCOc1cccc(CNC2CCCC(C(F)(F)F)C2)c1. The van der Waals surface area contributed by atoms with Crippen molar-refractivity contribution in [2.45, 2.75) is 57.3 Å². The molecule has 24 heavy (non-hydrogen) atoms. The molecule has 0 aromatic heterocycles. The third kappa shape index (κ3) is 6.04. The van der Waals surface area contributed by atoms with Gasteiger partial charge in [0.25, 0.3) is 0 Å². The van der Waals surface area contributed by atoms with Crippen LogP contribution in [0.15, 0.2) is 24.3 Å². The number of unbranched alkanes of at least 4 members (excludes halogenated alkanes) is 1. The monoisotopic (exact) mass is 340 g/mol. The van der Waals surface area contributed by atoms with Crippen molar-refractivity contribution in [3.63, 3.8) is 0 Å². The second-order valence-corrected chi connectivity index (χ2v) is 6.24. The molecule has 1 N–H and O–H groups in total. The summed E-state index contributed by atoms with van der Waals surface area (Å²) in [7, 11) is 0. The predicted octanol–water partition coefficient (Wildman–Crippen LogP) is 4.58. The van der Waals surface area contributed by atoms with Gasteiger partial charge in [0.15, 0.2) is 0 Å². The van der Waals surface area contributed by atoms with Gasteiger partial charge in [0.2, 0.25) is 0 Å². The first-order chi connectivity index (χ1) is 11.5. The molecular formula is C18H23F3N2O. The van der Waals surface area contributed by atoms with Crippen molar-refractivity contribution in [1.29, 1.82) is 5.26 Å². The highest BCUT2D eigenvalue weighted by atomic mass is 19.4. The summed E-state index contributed by atoms with van der Waals surface area (Å²) in [6.07, 6.45) is -1.14. The fraction of sp³-hybridized carbons (Fsp3) is 0.611. The molecule has 1 aromatic carbocycles. The van der Waals surface area contributed by atoms with Crippen LogP contribution in [-0.4, -0.2) is 18.8 Å². The summed E-state index contributed by atoms with van der Waals surface area (Å²) in [5, 5.41) is 11.7. The lowest BCUT2D eigenvalue weighted by atomic mass is 9.85. The minimum atomic E-state index is -4.09. The molecule has 2 unspecified atom stereocenters. The Morgan fingerprint density at radius 1 is 1.29 bits per heavy atom. The molecule has 0 radical (unpaired) electrons. The van der Waals surface area contributed by atoms with E-state index in [1.165, 1.54) is 0 Å². The average Bonchev–Trinajstić information content (AvgIpc) is 2.57. The van der Waals surface area contributed by atoms with E-state index < -0.39 is 12.1 Å². The van der Waals surface area contributed by atoms with Gasteiger partial charge in [0.1, 0.15) is 5.75 Å². The highest BCUT2D eigenvalue weighted by Crippen LogP contribution is 2.37. The number of nitrogens with one attached hydrogen (secondary N) is 1. The van der Waals surface area contributed by atoms with Gasteiger partial charge in [-0.05, 0) is 43.4 Å². The van der Waals surface area contributed by atoms with Crippen LogP contribution in [0.25, 0.3) is 0 Å². The molecule has 6 heteroatoms. The van der Waals surface area contributed by atoms with E-state index in [1.54, 1.807) is 0 Å². The van der Waals surface area contributed by atoms with Crippen molar-refractivity contribution in [2.24, 2.45) is 5.92 Å². The number of benzene rings is 1. The minimum absolute atomic E-state index is 0.0921. The molecule has 1 aliphatic carbocycles. The Hall–Kier alpha value is -1.74. The number of alkyl halides is 3. The lowest BCUT2D eigenvalue weighted by Gasteiger charge is -2.31. The molecule has 1 aromatic rings. The van der Waals surface area contributed by atoms with E-state index in [1.807, 2.05) is 24.3 Å². The molecule has 0 bridgehead atoms. The Labute approximate surface area is 140 Å². The third-order valence-corrected chi connectivity index (χ3v) is 4.33. The van der Waals surface area contributed by atoms with E-state index in [0.29, 0.717) is 32.4 Å². The quantitative estimate of drug-likeness (QED) is 0.739. The summed E-state index contributed by atoms with van der Waals surface area (Å²) in [6.45, 7) is 1.02. The normalized spacial score (nSPS) is 21.2. The van der Waals surface area contributed by atoms with Crippen LogP contribution in [0.3, 0.4) is 0 Å². The van der Waals surface area contributed by atoms with Gasteiger partial charge in [-0.25, -0.2) is 0 Å². The van der Waals surface area contributed by atoms with Crippen LogP contribution in [0.5, 0.6) is 5.75 Å². The summed E-state index contributed by atoms with van der Waals surface area (Å²) >= 11 is 0. The van der Waals surface area contributed by atoms with Gasteiger partial charge in [-0.15, -0.1) is 0 Å². The summed E-state index contributed by atoms with van der Waals surface area (Å²) in [5.74, 6) is -0.456. The molecule has 0 aliphatic heterocycles. The van der Waals surface area contributed by atoms with Gasteiger partial charge in [0, 0.05) is 19.0 Å². The fourth-order valence-electron chi connectivity index (χ4n) is 3.02. The van der Waals surface area contributed by atoms with Crippen molar-refractivity contribution < 1.29 is 17.9 Å². The highest BCUT2D eigenvalue weighted by Gasteiger charge is 2.41. The summed E-state index contributed by atoms with van der Waals surface area (Å²) in [5.41, 5.74) is 0.988. The molecule has 0 amide bonds. The Balaban J connectivity index is 1.80. The molecule has 1 saturated carbocycles. The Kier molecular flexibility index (Phi) is 6.92. The molecule has 0 heterocycles. The lowest BCUT2D eigenvalue weighted by Crippen LogP contribution is -2.38. The second kappa shape index (κ2) is 8.93. The zero-order chi connectivity index (χ0) is 17.4. The summed E-state index contributed by atoms with van der Waals surface area (Å²) in [4.78, 5) is 0. The first-order valence-electron chi connectivity index (χ1n) is 8.38. The largest absolute Gasteiger partial charge is 0.494 e. The first-order valence-corrected chi connectivity index (χ1v) is 8.38. The van der Waals surface area contributed by atoms with Crippen LogP contribution in [-0.2, 0) is 6.54 Å². The minimum Gasteiger partial charge on any atom is -0.494 e. The molecular weight excluding hydrogens is 317 g/mol. The Morgan fingerprint density at radius 2 is 2.12 bits per heavy atom. The van der Waals surface area contributed by atoms with Gasteiger partial charge in [-0.1, -0.05) is 18.6 Å². The third-order valence-electron chi connectivity index (χ3n) is 4.33. The number of ether oxygens (including phenoxy) is 1. The van der Waals surface area contributed by atoms with Gasteiger partial charge >= 0.3 is 6.18 Å². The second-order valence-electron chi connectivity index (χ2n) is 6.24. The van der Waals surface area contributed by atoms with Crippen molar-refractivity contribution in [3.8, 4) is 11.8 Å². The standard InChI is InChI=1S/C18H23F3N2O/c19-18(20,21)15-6-4-7-16(12-15)23-13-14-5-3-8-17(11-14)24-10-2-1-9-22/h3,5,8,11,15-16,23H,1-2,4,6-7,10,12-13H2. The van der Waals surface area contributed by atoms with E-state index in [9.17, 15) is 13.2 Å². The van der Waals surface area contributed by atoms with Gasteiger partial charge in [0.05, 0.1) is 18.6 Å². The van der Waals surface area contributed by atoms with Gasteiger partial charge < -0.3 is 10.1 Å². The number of halogens is 3. The van der Waals surface area contributed by atoms with Crippen molar-refractivity contribution >= 4 is 0 Å². The van der Waals surface area contributed by atoms with Crippen molar-refractivity contribution in [2.75, 3.05) is 6.61 Å². The summed E-state index contributed by atoms with van der Waals surface area (Å²) in [6, 6.07) is 9.51. The smallest absolute Gasteiger partial charge is 0.391 e. The molecule has 132 valence electrons.